The lowest BCUT2D eigenvalue weighted by Gasteiger charge is -2.37. The van der Waals surface area contributed by atoms with E-state index in [1.807, 2.05) is 4.90 Å². The Morgan fingerprint density at radius 3 is 2.09 bits per heavy atom. The standard InChI is InChI=1S/C24H36N4O4S/c29-23(19-8-7-15-28(18-19)33(31,32)22-11-5-2-6-12-22)27-16-13-21(14-17-27)26-24(30)25-20-9-3-1-4-10-20/h2,5-6,11-12,19-21H,1,3-4,7-10,13-18H2,(H2,25,26,30). The van der Waals surface area contributed by atoms with Crippen molar-refractivity contribution in [3.63, 3.8) is 0 Å². The van der Waals surface area contributed by atoms with Crippen LogP contribution >= 0.6 is 0 Å². The number of piperidine rings is 2. The number of hydrogen-bond acceptors (Lipinski definition) is 4. The number of urea groups is 1. The van der Waals surface area contributed by atoms with Crippen molar-refractivity contribution in [1.82, 2.24) is 19.8 Å². The summed E-state index contributed by atoms with van der Waals surface area (Å²) >= 11 is 0. The van der Waals surface area contributed by atoms with Crippen LogP contribution in [0.1, 0.15) is 57.8 Å². The Kier molecular flexibility index (Phi) is 7.90. The monoisotopic (exact) mass is 476 g/mol. The molecule has 1 aliphatic carbocycles. The van der Waals surface area contributed by atoms with E-state index in [2.05, 4.69) is 10.6 Å². The largest absolute Gasteiger partial charge is 0.342 e. The Morgan fingerprint density at radius 2 is 1.42 bits per heavy atom. The van der Waals surface area contributed by atoms with Crippen molar-refractivity contribution in [3.8, 4) is 0 Å². The second-order valence-corrected chi connectivity index (χ2v) is 11.5. The third-order valence-electron chi connectivity index (χ3n) is 7.20. The summed E-state index contributed by atoms with van der Waals surface area (Å²) in [5.41, 5.74) is 0. The first-order chi connectivity index (χ1) is 15.9. The van der Waals surface area contributed by atoms with Crippen molar-refractivity contribution >= 4 is 22.0 Å². The van der Waals surface area contributed by atoms with Crippen LogP contribution in [0.2, 0.25) is 0 Å². The Morgan fingerprint density at radius 1 is 0.788 bits per heavy atom. The maximum Gasteiger partial charge on any atom is 0.315 e. The maximum absolute atomic E-state index is 13.2. The van der Waals surface area contributed by atoms with Crippen LogP contribution < -0.4 is 10.6 Å². The summed E-state index contributed by atoms with van der Waals surface area (Å²) < 4.78 is 27.4. The summed E-state index contributed by atoms with van der Waals surface area (Å²) in [4.78, 5) is 27.6. The van der Waals surface area contributed by atoms with Crippen LogP contribution in [-0.4, -0.2) is 67.8 Å². The van der Waals surface area contributed by atoms with Gasteiger partial charge in [0.2, 0.25) is 15.9 Å². The molecule has 1 atom stereocenters. The number of nitrogens with one attached hydrogen (secondary N) is 2. The molecule has 2 heterocycles. The zero-order valence-corrected chi connectivity index (χ0v) is 20.1. The molecule has 33 heavy (non-hydrogen) atoms. The number of nitrogens with zero attached hydrogens (tertiary/aromatic N) is 2. The van der Waals surface area contributed by atoms with Gasteiger partial charge in [0.15, 0.2) is 0 Å². The molecule has 2 saturated heterocycles. The Bertz CT molecular complexity index is 910. The molecule has 0 aromatic heterocycles. The fourth-order valence-corrected chi connectivity index (χ4v) is 6.81. The van der Waals surface area contributed by atoms with Crippen molar-refractivity contribution in [2.75, 3.05) is 26.2 Å². The molecule has 0 spiro atoms. The number of hydrogen-bond donors (Lipinski definition) is 2. The lowest BCUT2D eigenvalue weighted by Crippen LogP contribution is -2.53. The molecular weight excluding hydrogens is 440 g/mol. The minimum absolute atomic E-state index is 0.0352. The molecule has 0 radical (unpaired) electrons. The topological polar surface area (TPSA) is 98.8 Å². The fourth-order valence-electron chi connectivity index (χ4n) is 5.27. The first kappa shape index (κ1) is 24.0. The first-order valence-corrected chi connectivity index (χ1v) is 13.8. The van der Waals surface area contributed by atoms with Gasteiger partial charge in [-0.2, -0.15) is 4.31 Å². The molecule has 9 heteroatoms. The Balaban J connectivity index is 1.25. The molecule has 0 bridgehead atoms. The molecule has 8 nitrogen and oxygen atoms in total. The van der Waals surface area contributed by atoms with Crippen molar-refractivity contribution in [2.45, 2.75) is 74.8 Å². The summed E-state index contributed by atoms with van der Waals surface area (Å²) in [5, 5.41) is 6.17. The van der Waals surface area contributed by atoms with E-state index in [-0.39, 0.29) is 41.4 Å². The predicted octanol–water partition coefficient (Wildman–Crippen LogP) is 2.71. The number of sulfonamides is 1. The molecule has 182 valence electrons. The zero-order valence-electron chi connectivity index (χ0n) is 19.2. The highest BCUT2D eigenvalue weighted by Gasteiger charge is 2.36. The molecule has 3 aliphatic rings. The van der Waals surface area contributed by atoms with E-state index < -0.39 is 10.0 Å². The minimum atomic E-state index is -3.59. The van der Waals surface area contributed by atoms with Gasteiger partial charge in [-0.3, -0.25) is 4.79 Å². The quantitative estimate of drug-likeness (QED) is 0.683. The van der Waals surface area contributed by atoms with Gasteiger partial charge in [-0.1, -0.05) is 37.5 Å². The predicted molar refractivity (Wildman–Crippen MR) is 126 cm³/mol. The van der Waals surface area contributed by atoms with Crippen LogP contribution in [-0.2, 0) is 14.8 Å². The normalized spacial score (nSPS) is 23.8. The second kappa shape index (κ2) is 10.9. The highest BCUT2D eigenvalue weighted by atomic mass is 32.2. The third kappa shape index (κ3) is 6.06. The van der Waals surface area contributed by atoms with Gasteiger partial charge in [-0.05, 0) is 50.7 Å². The highest BCUT2D eigenvalue weighted by Crippen LogP contribution is 2.26. The van der Waals surface area contributed by atoms with Gasteiger partial charge in [-0.15, -0.1) is 0 Å². The number of benzene rings is 1. The molecule has 2 N–H and O–H groups in total. The van der Waals surface area contributed by atoms with Crippen molar-refractivity contribution in [3.05, 3.63) is 30.3 Å². The molecule has 2 aliphatic heterocycles. The summed E-state index contributed by atoms with van der Waals surface area (Å²) in [7, 11) is -3.59. The number of likely N-dealkylation sites (tertiary alicyclic amines) is 1. The van der Waals surface area contributed by atoms with Crippen LogP contribution in [0.5, 0.6) is 0 Å². The van der Waals surface area contributed by atoms with E-state index in [0.29, 0.717) is 32.5 Å². The molecule has 1 unspecified atom stereocenters. The van der Waals surface area contributed by atoms with Crippen molar-refractivity contribution < 1.29 is 18.0 Å². The Hall–Kier alpha value is -2.13. The van der Waals surface area contributed by atoms with Crippen LogP contribution in [0.4, 0.5) is 4.79 Å². The lowest BCUT2D eigenvalue weighted by atomic mass is 9.95. The average molecular weight is 477 g/mol. The summed E-state index contributed by atoms with van der Waals surface area (Å²) in [5.74, 6) is -0.274. The van der Waals surface area contributed by atoms with Crippen molar-refractivity contribution in [1.29, 1.82) is 0 Å². The van der Waals surface area contributed by atoms with E-state index in [1.165, 1.54) is 23.6 Å². The smallest absolute Gasteiger partial charge is 0.315 e. The minimum Gasteiger partial charge on any atom is -0.342 e. The third-order valence-corrected chi connectivity index (χ3v) is 9.08. The van der Waals surface area contributed by atoms with Gasteiger partial charge >= 0.3 is 6.03 Å². The van der Waals surface area contributed by atoms with Gasteiger partial charge < -0.3 is 15.5 Å². The second-order valence-electron chi connectivity index (χ2n) is 9.57. The molecule has 1 aromatic carbocycles. The maximum atomic E-state index is 13.2. The molecule has 1 saturated carbocycles. The fraction of sp³-hybridized carbons (Fsp3) is 0.667. The molecule has 1 aromatic rings. The van der Waals surface area contributed by atoms with Gasteiger partial charge in [0, 0.05) is 38.3 Å². The van der Waals surface area contributed by atoms with E-state index in [9.17, 15) is 18.0 Å². The van der Waals surface area contributed by atoms with E-state index in [1.54, 1.807) is 30.3 Å². The van der Waals surface area contributed by atoms with E-state index >= 15 is 0 Å². The lowest BCUT2D eigenvalue weighted by molar-refractivity contribution is -0.137. The molecular formula is C24H36N4O4S. The van der Waals surface area contributed by atoms with E-state index in [4.69, 9.17) is 0 Å². The van der Waals surface area contributed by atoms with Gasteiger partial charge in [0.1, 0.15) is 0 Å². The Labute approximate surface area is 197 Å². The molecule has 3 fully saturated rings. The van der Waals surface area contributed by atoms with Crippen LogP contribution in [0.3, 0.4) is 0 Å². The molecule has 3 amide bonds. The number of carbonyl (C=O) groups is 2. The number of rotatable bonds is 5. The van der Waals surface area contributed by atoms with Crippen LogP contribution in [0.15, 0.2) is 35.2 Å². The SMILES string of the molecule is O=C(NC1CCCCC1)NC1CCN(C(=O)C2CCCN(S(=O)(=O)c3ccccc3)C2)CC1. The van der Waals surface area contributed by atoms with E-state index in [0.717, 1.165) is 25.7 Å². The number of carbonyl (C=O) groups excluding carboxylic acids is 2. The number of amides is 3. The average Bonchev–Trinajstić information content (AvgIpc) is 2.85. The summed E-state index contributed by atoms with van der Waals surface area (Å²) in [6.07, 6.45) is 8.56. The van der Waals surface area contributed by atoms with Gasteiger partial charge in [-0.25, -0.2) is 13.2 Å². The van der Waals surface area contributed by atoms with Gasteiger partial charge in [0.05, 0.1) is 10.8 Å². The van der Waals surface area contributed by atoms with Crippen molar-refractivity contribution in [2.24, 2.45) is 5.92 Å². The van der Waals surface area contributed by atoms with Crippen LogP contribution in [0.25, 0.3) is 0 Å². The van der Waals surface area contributed by atoms with Crippen LogP contribution in [0, 0.1) is 5.92 Å². The first-order valence-electron chi connectivity index (χ1n) is 12.3. The summed E-state index contributed by atoms with van der Waals surface area (Å²) in [6, 6.07) is 8.67. The summed E-state index contributed by atoms with van der Waals surface area (Å²) in [6.45, 7) is 1.87. The van der Waals surface area contributed by atoms with Gasteiger partial charge in [0.25, 0.3) is 0 Å². The highest BCUT2D eigenvalue weighted by molar-refractivity contribution is 7.89. The zero-order chi connectivity index (χ0) is 23.3. The molecule has 4 rings (SSSR count).